The number of aromatic carboxylic acids is 1. The number of hydrogen-bond donors (Lipinski definition) is 1. The lowest BCUT2D eigenvalue weighted by Gasteiger charge is -2.48. The van der Waals surface area contributed by atoms with Crippen LogP contribution in [0, 0.1) is 12.3 Å². The second kappa shape index (κ2) is 3.51. The van der Waals surface area contributed by atoms with E-state index in [1.54, 1.807) is 12.1 Å². The highest BCUT2D eigenvalue weighted by Gasteiger charge is 2.34. The van der Waals surface area contributed by atoms with Crippen LogP contribution < -0.4 is 4.90 Å². The summed E-state index contributed by atoms with van der Waals surface area (Å²) in [5.74, 6) is -0.862. The molecule has 86 valence electrons. The summed E-state index contributed by atoms with van der Waals surface area (Å²) in [6.45, 7) is 8.53. The molecule has 3 heteroatoms. The molecule has 1 aromatic rings. The van der Waals surface area contributed by atoms with Gasteiger partial charge in [-0.25, -0.2) is 4.79 Å². The second-order valence-corrected chi connectivity index (χ2v) is 5.33. The van der Waals surface area contributed by atoms with Gasteiger partial charge in [0.15, 0.2) is 0 Å². The standard InChI is InChI=1S/C13H17NO2/c1-9-6-10(12(15)16)4-5-11(9)14-7-13(2,3)8-14/h4-6H,7-8H2,1-3H3,(H,15,16). The van der Waals surface area contributed by atoms with Gasteiger partial charge < -0.3 is 10.0 Å². The lowest BCUT2D eigenvalue weighted by atomic mass is 9.83. The van der Waals surface area contributed by atoms with Gasteiger partial charge in [0.2, 0.25) is 0 Å². The highest BCUT2D eigenvalue weighted by atomic mass is 16.4. The molecule has 1 aliphatic heterocycles. The molecular formula is C13H17NO2. The first kappa shape index (κ1) is 11.0. The molecule has 16 heavy (non-hydrogen) atoms. The number of hydrogen-bond acceptors (Lipinski definition) is 2. The van der Waals surface area contributed by atoms with Gasteiger partial charge in [-0.2, -0.15) is 0 Å². The van der Waals surface area contributed by atoms with Gasteiger partial charge in [-0.1, -0.05) is 13.8 Å². The molecule has 1 saturated heterocycles. The Morgan fingerprint density at radius 2 is 2.00 bits per heavy atom. The Labute approximate surface area is 95.7 Å². The zero-order chi connectivity index (χ0) is 11.9. The highest BCUT2D eigenvalue weighted by Crippen LogP contribution is 2.35. The molecule has 0 aliphatic carbocycles. The van der Waals surface area contributed by atoms with Crippen LogP contribution in [-0.4, -0.2) is 24.2 Å². The van der Waals surface area contributed by atoms with Crippen molar-refractivity contribution in [3.63, 3.8) is 0 Å². The van der Waals surface area contributed by atoms with Crippen LogP contribution in [0.15, 0.2) is 18.2 Å². The van der Waals surface area contributed by atoms with E-state index in [1.807, 2.05) is 13.0 Å². The maximum atomic E-state index is 10.8. The van der Waals surface area contributed by atoms with Crippen LogP contribution in [0.3, 0.4) is 0 Å². The molecule has 1 aliphatic rings. The number of carboxylic acids is 1. The minimum absolute atomic E-state index is 0.362. The summed E-state index contributed by atoms with van der Waals surface area (Å²) in [7, 11) is 0. The average molecular weight is 219 g/mol. The molecule has 2 rings (SSSR count). The molecular weight excluding hydrogens is 202 g/mol. The van der Waals surface area contributed by atoms with Gasteiger partial charge in [-0.05, 0) is 36.1 Å². The largest absolute Gasteiger partial charge is 0.478 e. The van der Waals surface area contributed by atoms with Gasteiger partial charge in [0.05, 0.1) is 5.56 Å². The Bertz CT molecular complexity index is 430. The minimum atomic E-state index is -0.862. The lowest BCUT2D eigenvalue weighted by molar-refractivity contribution is 0.0697. The van der Waals surface area contributed by atoms with E-state index < -0.39 is 5.97 Å². The van der Waals surface area contributed by atoms with Crippen LogP contribution in [0.25, 0.3) is 0 Å². The predicted molar refractivity (Wildman–Crippen MR) is 64.1 cm³/mol. The molecule has 0 unspecified atom stereocenters. The third kappa shape index (κ3) is 1.90. The number of nitrogens with zero attached hydrogens (tertiary/aromatic N) is 1. The third-order valence-electron chi connectivity index (χ3n) is 3.02. The number of carbonyl (C=O) groups is 1. The Morgan fingerprint density at radius 3 is 2.44 bits per heavy atom. The second-order valence-electron chi connectivity index (χ2n) is 5.33. The molecule has 1 N–H and O–H groups in total. The number of carboxylic acid groups (broad SMARTS) is 1. The van der Waals surface area contributed by atoms with Crippen LogP contribution in [0.5, 0.6) is 0 Å². The summed E-state index contributed by atoms with van der Waals surface area (Å²) in [6.07, 6.45) is 0. The molecule has 0 bridgehead atoms. The van der Waals surface area contributed by atoms with E-state index in [0.717, 1.165) is 24.3 Å². The summed E-state index contributed by atoms with van der Waals surface area (Å²) in [4.78, 5) is 13.1. The Morgan fingerprint density at radius 1 is 1.38 bits per heavy atom. The van der Waals surface area contributed by atoms with E-state index in [1.165, 1.54) is 0 Å². The summed E-state index contributed by atoms with van der Waals surface area (Å²) in [6, 6.07) is 5.33. The predicted octanol–water partition coefficient (Wildman–Crippen LogP) is 2.54. The van der Waals surface area contributed by atoms with E-state index in [9.17, 15) is 4.79 Å². The van der Waals surface area contributed by atoms with Crippen LogP contribution in [0.4, 0.5) is 5.69 Å². The first-order valence-electron chi connectivity index (χ1n) is 5.48. The van der Waals surface area contributed by atoms with Crippen molar-refractivity contribution in [2.45, 2.75) is 20.8 Å². The number of rotatable bonds is 2. The van der Waals surface area contributed by atoms with Crippen LogP contribution >= 0.6 is 0 Å². The molecule has 0 saturated carbocycles. The highest BCUT2D eigenvalue weighted by molar-refractivity contribution is 5.88. The summed E-state index contributed by atoms with van der Waals surface area (Å²) in [5, 5.41) is 8.88. The Kier molecular flexibility index (Phi) is 2.41. The summed E-state index contributed by atoms with van der Waals surface area (Å²) < 4.78 is 0. The molecule has 1 fully saturated rings. The van der Waals surface area contributed by atoms with Crippen LogP contribution in [0.1, 0.15) is 29.8 Å². The maximum Gasteiger partial charge on any atom is 0.335 e. The molecule has 0 spiro atoms. The van der Waals surface area contributed by atoms with Crippen LogP contribution in [0.2, 0.25) is 0 Å². The van der Waals surface area contributed by atoms with E-state index in [2.05, 4.69) is 18.7 Å². The molecule has 1 heterocycles. The minimum Gasteiger partial charge on any atom is -0.478 e. The monoisotopic (exact) mass is 219 g/mol. The smallest absolute Gasteiger partial charge is 0.335 e. The van der Waals surface area contributed by atoms with E-state index in [4.69, 9.17) is 5.11 Å². The van der Waals surface area contributed by atoms with Crippen LogP contribution in [-0.2, 0) is 0 Å². The first-order chi connectivity index (χ1) is 7.39. The SMILES string of the molecule is Cc1cc(C(=O)O)ccc1N1CC(C)(C)C1. The van der Waals surface area contributed by atoms with Crippen molar-refractivity contribution in [2.24, 2.45) is 5.41 Å². The van der Waals surface area contributed by atoms with E-state index >= 15 is 0 Å². The quantitative estimate of drug-likeness (QED) is 0.831. The number of aryl methyl sites for hydroxylation is 1. The topological polar surface area (TPSA) is 40.5 Å². The molecule has 0 amide bonds. The van der Waals surface area contributed by atoms with Crippen molar-refractivity contribution in [3.05, 3.63) is 29.3 Å². The van der Waals surface area contributed by atoms with Crippen molar-refractivity contribution in [1.29, 1.82) is 0 Å². The van der Waals surface area contributed by atoms with Crippen molar-refractivity contribution in [1.82, 2.24) is 0 Å². The zero-order valence-electron chi connectivity index (χ0n) is 9.95. The van der Waals surface area contributed by atoms with Crippen molar-refractivity contribution < 1.29 is 9.90 Å². The summed E-state index contributed by atoms with van der Waals surface area (Å²) in [5.41, 5.74) is 2.94. The van der Waals surface area contributed by atoms with Gasteiger partial charge >= 0.3 is 5.97 Å². The fraction of sp³-hybridized carbons (Fsp3) is 0.462. The number of anilines is 1. The van der Waals surface area contributed by atoms with Gasteiger partial charge in [0, 0.05) is 18.8 Å². The van der Waals surface area contributed by atoms with Crippen molar-refractivity contribution in [2.75, 3.05) is 18.0 Å². The van der Waals surface area contributed by atoms with Crippen molar-refractivity contribution >= 4 is 11.7 Å². The first-order valence-corrected chi connectivity index (χ1v) is 5.48. The molecule has 0 atom stereocenters. The fourth-order valence-corrected chi connectivity index (χ4v) is 2.30. The van der Waals surface area contributed by atoms with Gasteiger partial charge in [0.25, 0.3) is 0 Å². The van der Waals surface area contributed by atoms with Gasteiger partial charge in [0.1, 0.15) is 0 Å². The van der Waals surface area contributed by atoms with Gasteiger partial charge in [-0.3, -0.25) is 0 Å². The Balaban J connectivity index is 2.21. The molecule has 0 radical (unpaired) electrons. The fourth-order valence-electron chi connectivity index (χ4n) is 2.30. The number of benzene rings is 1. The lowest BCUT2D eigenvalue weighted by Crippen LogP contribution is -2.53. The Hall–Kier alpha value is -1.51. The maximum absolute atomic E-state index is 10.8. The average Bonchev–Trinajstić information content (AvgIpc) is 2.13. The van der Waals surface area contributed by atoms with E-state index in [0.29, 0.717) is 11.0 Å². The van der Waals surface area contributed by atoms with Gasteiger partial charge in [-0.15, -0.1) is 0 Å². The normalized spacial score (nSPS) is 18.1. The molecule has 0 aromatic heterocycles. The zero-order valence-corrected chi connectivity index (χ0v) is 9.95. The molecule has 3 nitrogen and oxygen atoms in total. The van der Waals surface area contributed by atoms with Crippen molar-refractivity contribution in [3.8, 4) is 0 Å². The molecule has 1 aromatic carbocycles. The third-order valence-corrected chi connectivity index (χ3v) is 3.02. The summed E-state index contributed by atoms with van der Waals surface area (Å²) >= 11 is 0. The van der Waals surface area contributed by atoms with E-state index in [-0.39, 0.29) is 0 Å².